The Balaban J connectivity index is 3.19. The van der Waals surface area contributed by atoms with Crippen molar-refractivity contribution in [3.8, 4) is 0 Å². The fraction of sp³-hybridized carbons (Fsp3) is 0.400. The fourth-order valence-electron chi connectivity index (χ4n) is 1.13. The number of rotatable bonds is 3. The molecule has 0 unspecified atom stereocenters. The van der Waals surface area contributed by atoms with E-state index in [1.54, 1.807) is 14.2 Å². The van der Waals surface area contributed by atoms with Crippen LogP contribution in [0.3, 0.4) is 0 Å². The minimum absolute atomic E-state index is 1.21. The van der Waals surface area contributed by atoms with Gasteiger partial charge in [-0.25, -0.2) is 0 Å². The molecular formula is C10H17O2Sb. The Kier molecular flexibility index (Phi) is 3.06. The normalized spacial score (nSPS) is 14.9. The van der Waals surface area contributed by atoms with Crippen LogP contribution in [-0.2, 0) is 6.03 Å². The van der Waals surface area contributed by atoms with Crippen LogP contribution in [0.5, 0.6) is 0 Å². The van der Waals surface area contributed by atoms with Crippen molar-refractivity contribution in [2.75, 3.05) is 14.2 Å². The van der Waals surface area contributed by atoms with Gasteiger partial charge in [-0.2, -0.15) is 0 Å². The standard InChI is InChI=1S/C6H5.2CH3O.2CH3.Sb/c1-2-4-6-5-3-1;2*1-2;;;/h1-5H;2*1H3;2*1H3;/q;2*-1;;;+2. The summed E-state index contributed by atoms with van der Waals surface area (Å²) in [5.74, 6) is 0. The van der Waals surface area contributed by atoms with E-state index in [0.717, 1.165) is 0 Å². The summed E-state index contributed by atoms with van der Waals surface area (Å²) >= 11 is -3.36. The number of benzene rings is 1. The summed E-state index contributed by atoms with van der Waals surface area (Å²) in [4.78, 5) is 4.23. The van der Waals surface area contributed by atoms with Crippen molar-refractivity contribution in [3.05, 3.63) is 30.3 Å². The van der Waals surface area contributed by atoms with Gasteiger partial charge in [-0.3, -0.25) is 0 Å². The first-order chi connectivity index (χ1) is 6.02. The van der Waals surface area contributed by atoms with Crippen LogP contribution in [0.1, 0.15) is 0 Å². The van der Waals surface area contributed by atoms with Gasteiger partial charge in [-0.1, -0.05) is 0 Å². The molecule has 0 aliphatic carbocycles. The third-order valence-corrected chi connectivity index (χ3v) is 13.6. The molecule has 0 heterocycles. The molecule has 0 fully saturated rings. The predicted octanol–water partition coefficient (Wildman–Crippen LogP) is 1.84. The molecule has 0 aliphatic heterocycles. The van der Waals surface area contributed by atoms with Crippen molar-refractivity contribution in [3.63, 3.8) is 0 Å². The van der Waals surface area contributed by atoms with Crippen LogP contribution < -0.4 is 3.51 Å². The maximum absolute atomic E-state index is 5.64. The molecule has 2 nitrogen and oxygen atoms in total. The van der Waals surface area contributed by atoms with Gasteiger partial charge in [0.15, 0.2) is 0 Å². The van der Waals surface area contributed by atoms with E-state index < -0.39 is 18.2 Å². The Bertz CT molecular complexity index is 274. The van der Waals surface area contributed by atoms with Crippen LogP contribution in [0.25, 0.3) is 0 Å². The van der Waals surface area contributed by atoms with Crippen LogP contribution in [0.2, 0.25) is 9.74 Å². The molecule has 1 aromatic rings. The SMILES string of the molecule is C[O][Sb]([CH3])([CH3])([O]C)[c]1ccccc1. The fourth-order valence-corrected chi connectivity index (χ4v) is 5.65. The van der Waals surface area contributed by atoms with Crippen molar-refractivity contribution < 1.29 is 6.03 Å². The molecule has 0 spiro atoms. The van der Waals surface area contributed by atoms with Crippen LogP contribution in [0.15, 0.2) is 30.3 Å². The molecule has 0 aromatic heterocycles. The van der Waals surface area contributed by atoms with Crippen molar-refractivity contribution in [1.29, 1.82) is 0 Å². The minimum atomic E-state index is -3.36. The van der Waals surface area contributed by atoms with E-state index in [9.17, 15) is 0 Å². The molecule has 0 saturated carbocycles. The summed E-state index contributed by atoms with van der Waals surface area (Å²) in [7, 11) is 3.47. The molecular weight excluding hydrogens is 274 g/mol. The van der Waals surface area contributed by atoms with E-state index >= 15 is 0 Å². The molecule has 1 aromatic carbocycles. The van der Waals surface area contributed by atoms with Gasteiger partial charge in [0.05, 0.1) is 0 Å². The molecule has 3 heteroatoms. The first-order valence-corrected chi connectivity index (χ1v) is 12.7. The summed E-state index contributed by atoms with van der Waals surface area (Å²) in [6, 6.07) is 10.2. The molecule has 74 valence electrons. The quantitative estimate of drug-likeness (QED) is 0.791. The average Bonchev–Trinajstić information content (AvgIpc) is 2.20. The monoisotopic (exact) mass is 290 g/mol. The number of hydrogen-bond donors (Lipinski definition) is 0. The summed E-state index contributed by atoms with van der Waals surface area (Å²) in [6.45, 7) is 0. The van der Waals surface area contributed by atoms with E-state index in [0.29, 0.717) is 0 Å². The zero-order valence-corrected chi connectivity index (χ0v) is 11.2. The molecule has 0 saturated heterocycles. The Morgan fingerprint density at radius 3 is 1.77 bits per heavy atom. The van der Waals surface area contributed by atoms with Gasteiger partial charge in [0.1, 0.15) is 0 Å². The Labute approximate surface area is 82.0 Å². The molecule has 0 aliphatic rings. The van der Waals surface area contributed by atoms with E-state index in [1.807, 2.05) is 18.2 Å². The van der Waals surface area contributed by atoms with Gasteiger partial charge < -0.3 is 0 Å². The van der Waals surface area contributed by atoms with Gasteiger partial charge in [-0.05, 0) is 0 Å². The van der Waals surface area contributed by atoms with E-state index in [2.05, 4.69) is 21.9 Å². The predicted molar refractivity (Wildman–Crippen MR) is 57.6 cm³/mol. The average molecular weight is 291 g/mol. The molecule has 0 bridgehead atoms. The molecule has 0 atom stereocenters. The van der Waals surface area contributed by atoms with Crippen molar-refractivity contribution >= 4 is 21.7 Å². The Morgan fingerprint density at radius 2 is 1.38 bits per heavy atom. The summed E-state index contributed by atoms with van der Waals surface area (Å²) in [5, 5.41) is 0. The van der Waals surface area contributed by atoms with Crippen LogP contribution in [0.4, 0.5) is 0 Å². The second-order valence-electron chi connectivity index (χ2n) is 3.58. The van der Waals surface area contributed by atoms with Crippen molar-refractivity contribution in [1.82, 2.24) is 0 Å². The molecule has 13 heavy (non-hydrogen) atoms. The number of hydrogen-bond acceptors (Lipinski definition) is 2. The van der Waals surface area contributed by atoms with Crippen LogP contribution in [-0.4, -0.2) is 32.5 Å². The first-order valence-electron chi connectivity index (χ1n) is 4.21. The van der Waals surface area contributed by atoms with Gasteiger partial charge in [-0.15, -0.1) is 0 Å². The van der Waals surface area contributed by atoms with E-state index in [1.165, 1.54) is 3.51 Å². The van der Waals surface area contributed by atoms with Crippen LogP contribution in [0, 0.1) is 0 Å². The van der Waals surface area contributed by atoms with Gasteiger partial charge in [0, 0.05) is 0 Å². The third kappa shape index (κ3) is 2.07. The maximum atomic E-state index is 5.64. The molecule has 1 rings (SSSR count). The second-order valence-corrected chi connectivity index (χ2v) is 17.9. The second kappa shape index (κ2) is 3.60. The summed E-state index contributed by atoms with van der Waals surface area (Å²) in [5.41, 5.74) is 0. The van der Waals surface area contributed by atoms with E-state index in [4.69, 9.17) is 6.03 Å². The first kappa shape index (κ1) is 11.0. The molecule has 0 N–H and O–H groups in total. The summed E-state index contributed by atoms with van der Waals surface area (Å²) < 4.78 is 12.5. The van der Waals surface area contributed by atoms with Gasteiger partial charge in [0.25, 0.3) is 0 Å². The van der Waals surface area contributed by atoms with Crippen molar-refractivity contribution in [2.45, 2.75) is 9.74 Å². The Morgan fingerprint density at radius 1 is 0.923 bits per heavy atom. The molecule has 0 amide bonds. The van der Waals surface area contributed by atoms with E-state index in [-0.39, 0.29) is 0 Å². The zero-order valence-electron chi connectivity index (χ0n) is 8.65. The zero-order chi connectivity index (χ0) is 9.97. The topological polar surface area (TPSA) is 18.5 Å². The van der Waals surface area contributed by atoms with Gasteiger partial charge >= 0.3 is 82.1 Å². The third-order valence-electron chi connectivity index (χ3n) is 2.55. The van der Waals surface area contributed by atoms with Crippen molar-refractivity contribution in [2.24, 2.45) is 0 Å². The summed E-state index contributed by atoms with van der Waals surface area (Å²) in [6.07, 6.45) is 0. The molecule has 0 radical (unpaired) electrons. The van der Waals surface area contributed by atoms with Crippen LogP contribution >= 0.6 is 0 Å². The van der Waals surface area contributed by atoms with Gasteiger partial charge in [0.2, 0.25) is 0 Å². The Hall–Kier alpha value is -0.0418.